The Hall–Kier alpha value is -2.54. The molecule has 0 aliphatic carbocycles. The molecule has 29 heavy (non-hydrogen) atoms. The summed E-state index contributed by atoms with van der Waals surface area (Å²) in [4.78, 5) is 17.7. The first kappa shape index (κ1) is 19.8. The van der Waals surface area contributed by atoms with Crippen LogP contribution in [0.15, 0.2) is 29.1 Å². The largest absolute Gasteiger partial charge is 0.322 e. The van der Waals surface area contributed by atoms with Gasteiger partial charge in [0.25, 0.3) is 5.56 Å². The topological polar surface area (TPSA) is 80.9 Å². The number of piperidine rings is 1. The van der Waals surface area contributed by atoms with E-state index >= 15 is 0 Å². The van der Waals surface area contributed by atoms with Gasteiger partial charge in [0.05, 0.1) is 24.2 Å². The normalized spacial score (nSPS) is 21.4. The van der Waals surface area contributed by atoms with Gasteiger partial charge in [-0.15, -0.1) is 5.10 Å². The van der Waals surface area contributed by atoms with Gasteiger partial charge in [0.15, 0.2) is 6.04 Å². The molecule has 0 amide bonds. The third-order valence-electron chi connectivity index (χ3n) is 5.94. The van der Waals surface area contributed by atoms with E-state index in [0.717, 1.165) is 47.4 Å². The molecular formula is C22H31N6O+. The number of hydrogen-bond donors (Lipinski definition) is 2. The Labute approximate surface area is 171 Å². The molecule has 154 valence electrons. The Bertz CT molecular complexity index is 1080. The molecule has 2 aromatic heterocycles. The minimum absolute atomic E-state index is 0.0534. The zero-order valence-electron chi connectivity index (χ0n) is 18.0. The van der Waals surface area contributed by atoms with Gasteiger partial charge in [0.2, 0.25) is 5.82 Å². The predicted octanol–water partition coefficient (Wildman–Crippen LogP) is 1.98. The molecule has 4 rings (SSSR count). The number of H-pyrrole nitrogens is 1. The van der Waals surface area contributed by atoms with Crippen molar-refractivity contribution in [2.75, 3.05) is 13.1 Å². The van der Waals surface area contributed by atoms with Crippen molar-refractivity contribution in [3.05, 3.63) is 51.6 Å². The van der Waals surface area contributed by atoms with Gasteiger partial charge in [0.1, 0.15) is 0 Å². The number of benzene rings is 1. The lowest BCUT2D eigenvalue weighted by Crippen LogP contribution is -3.14. The number of fused-ring (bicyclic) bond motifs is 1. The first-order valence-corrected chi connectivity index (χ1v) is 10.5. The van der Waals surface area contributed by atoms with Gasteiger partial charge >= 0.3 is 0 Å². The van der Waals surface area contributed by atoms with Gasteiger partial charge in [-0.05, 0) is 74.0 Å². The van der Waals surface area contributed by atoms with Crippen LogP contribution in [0.1, 0.15) is 63.5 Å². The maximum absolute atomic E-state index is 13.2. The quantitative estimate of drug-likeness (QED) is 0.711. The number of aromatic amines is 1. The summed E-state index contributed by atoms with van der Waals surface area (Å²) < 4.78 is 1.88. The molecule has 3 heterocycles. The van der Waals surface area contributed by atoms with E-state index in [-0.39, 0.29) is 17.1 Å². The Morgan fingerprint density at radius 1 is 1.28 bits per heavy atom. The van der Waals surface area contributed by atoms with E-state index in [1.165, 1.54) is 11.3 Å². The van der Waals surface area contributed by atoms with E-state index in [0.29, 0.717) is 5.92 Å². The van der Waals surface area contributed by atoms with Crippen LogP contribution in [-0.2, 0) is 5.54 Å². The van der Waals surface area contributed by atoms with Crippen LogP contribution < -0.4 is 10.5 Å². The highest BCUT2D eigenvalue weighted by atomic mass is 16.1. The van der Waals surface area contributed by atoms with Crippen molar-refractivity contribution in [2.45, 2.75) is 59.0 Å². The van der Waals surface area contributed by atoms with Crippen molar-refractivity contribution in [1.82, 2.24) is 25.2 Å². The van der Waals surface area contributed by atoms with Crippen molar-refractivity contribution >= 4 is 10.9 Å². The maximum Gasteiger partial charge on any atom is 0.258 e. The molecule has 0 bridgehead atoms. The summed E-state index contributed by atoms with van der Waals surface area (Å²) in [6, 6.07) is 8.01. The average molecular weight is 396 g/mol. The third kappa shape index (κ3) is 3.83. The van der Waals surface area contributed by atoms with Crippen LogP contribution in [0.3, 0.4) is 0 Å². The van der Waals surface area contributed by atoms with Crippen molar-refractivity contribution < 1.29 is 4.90 Å². The van der Waals surface area contributed by atoms with E-state index in [1.807, 2.05) is 23.7 Å². The molecule has 0 saturated carbocycles. The fraction of sp³-hybridized carbons (Fsp3) is 0.545. The molecule has 1 saturated heterocycles. The van der Waals surface area contributed by atoms with E-state index in [2.05, 4.69) is 60.3 Å². The Morgan fingerprint density at radius 3 is 2.79 bits per heavy atom. The molecule has 7 heteroatoms. The van der Waals surface area contributed by atoms with Crippen LogP contribution in [0.4, 0.5) is 0 Å². The van der Waals surface area contributed by atoms with Crippen molar-refractivity contribution in [2.24, 2.45) is 5.92 Å². The zero-order chi connectivity index (χ0) is 20.8. The first-order valence-electron chi connectivity index (χ1n) is 10.5. The summed E-state index contributed by atoms with van der Waals surface area (Å²) in [5.74, 6) is 1.38. The van der Waals surface area contributed by atoms with E-state index in [4.69, 9.17) is 0 Å². The Morgan fingerprint density at radius 2 is 2.07 bits per heavy atom. The highest BCUT2D eigenvalue weighted by Crippen LogP contribution is 2.23. The number of aryl methyl sites for hydroxylation is 1. The zero-order valence-corrected chi connectivity index (χ0v) is 18.0. The number of rotatable bonds is 3. The van der Waals surface area contributed by atoms with Gasteiger partial charge in [0, 0.05) is 11.4 Å². The number of nitrogens with zero attached hydrogens (tertiary/aromatic N) is 4. The van der Waals surface area contributed by atoms with Crippen LogP contribution >= 0.6 is 0 Å². The van der Waals surface area contributed by atoms with E-state index in [1.54, 1.807) is 0 Å². The number of aromatic nitrogens is 5. The molecule has 0 radical (unpaired) electrons. The molecule has 3 aromatic rings. The third-order valence-corrected chi connectivity index (χ3v) is 5.94. The molecule has 1 unspecified atom stereocenters. The molecule has 0 spiro atoms. The molecule has 1 aliphatic rings. The van der Waals surface area contributed by atoms with E-state index < -0.39 is 0 Å². The van der Waals surface area contributed by atoms with Crippen molar-refractivity contribution in [1.29, 1.82) is 0 Å². The number of likely N-dealkylation sites (tertiary alicyclic amines) is 1. The summed E-state index contributed by atoms with van der Waals surface area (Å²) in [7, 11) is 0. The second kappa shape index (κ2) is 7.37. The van der Waals surface area contributed by atoms with Gasteiger partial charge in [-0.2, -0.15) is 0 Å². The second-order valence-electron chi connectivity index (χ2n) is 9.56. The second-order valence-corrected chi connectivity index (χ2v) is 9.56. The summed E-state index contributed by atoms with van der Waals surface area (Å²) >= 11 is 0. The Kier molecular flexibility index (Phi) is 5.02. The number of tetrazole rings is 1. The summed E-state index contributed by atoms with van der Waals surface area (Å²) in [6.07, 6.45) is 2.38. The van der Waals surface area contributed by atoms with Crippen LogP contribution in [0.25, 0.3) is 10.9 Å². The minimum Gasteiger partial charge on any atom is -0.322 e. The number of nitrogens with one attached hydrogen (secondary N) is 2. The lowest BCUT2D eigenvalue weighted by Gasteiger charge is -2.34. The molecular weight excluding hydrogens is 364 g/mol. The van der Waals surface area contributed by atoms with Crippen molar-refractivity contribution in [3.63, 3.8) is 0 Å². The number of pyridine rings is 1. The molecule has 1 aromatic carbocycles. The van der Waals surface area contributed by atoms with Gasteiger partial charge in [-0.1, -0.05) is 19.1 Å². The van der Waals surface area contributed by atoms with Crippen LogP contribution in [0.5, 0.6) is 0 Å². The van der Waals surface area contributed by atoms with Crippen molar-refractivity contribution in [3.8, 4) is 0 Å². The van der Waals surface area contributed by atoms with Crippen LogP contribution in [-0.4, -0.2) is 38.3 Å². The maximum atomic E-state index is 13.2. The number of hydrogen-bond acceptors (Lipinski definition) is 4. The molecule has 1 fully saturated rings. The molecule has 7 nitrogen and oxygen atoms in total. The molecule has 2 N–H and O–H groups in total. The monoisotopic (exact) mass is 395 g/mol. The summed E-state index contributed by atoms with van der Waals surface area (Å²) in [5.41, 5.74) is 2.42. The summed E-state index contributed by atoms with van der Waals surface area (Å²) in [5, 5.41) is 13.7. The lowest BCUT2D eigenvalue weighted by molar-refractivity contribution is -0.934. The SMILES string of the molecule is Cc1ccc2cc([C@@H](c3nnnn3C(C)(C)C)[NH+]3CCC[C@H](C)C3)c(=O)[nH]c2c1. The highest BCUT2D eigenvalue weighted by Gasteiger charge is 2.38. The van der Waals surface area contributed by atoms with Gasteiger partial charge < -0.3 is 9.88 Å². The van der Waals surface area contributed by atoms with E-state index in [9.17, 15) is 4.79 Å². The Balaban J connectivity index is 1.91. The number of quaternary nitrogens is 1. The fourth-order valence-electron chi connectivity index (χ4n) is 4.53. The summed E-state index contributed by atoms with van der Waals surface area (Å²) in [6.45, 7) is 12.6. The lowest BCUT2D eigenvalue weighted by atomic mass is 9.95. The van der Waals surface area contributed by atoms with Crippen LogP contribution in [0.2, 0.25) is 0 Å². The van der Waals surface area contributed by atoms with Gasteiger partial charge in [-0.25, -0.2) is 4.68 Å². The molecule has 1 aliphatic heterocycles. The standard InChI is InChI=1S/C22H30N6O/c1-14-8-9-16-12-17(21(29)23-18(16)11-14)19(27-10-6-7-15(2)13-27)20-24-25-26-28(20)22(3,4)5/h8-9,11-12,15,19H,6-7,10,13H2,1-5H3,(H,23,29)/p+1/t15-,19-/m0/s1. The highest BCUT2D eigenvalue weighted by molar-refractivity contribution is 5.79. The predicted molar refractivity (Wildman–Crippen MR) is 113 cm³/mol. The molecule has 3 atom stereocenters. The smallest absolute Gasteiger partial charge is 0.258 e. The fourth-order valence-corrected chi connectivity index (χ4v) is 4.53. The van der Waals surface area contributed by atoms with Crippen LogP contribution in [0, 0.1) is 12.8 Å². The minimum atomic E-state index is -0.265. The average Bonchev–Trinajstić information content (AvgIpc) is 3.12. The first-order chi connectivity index (χ1) is 13.7. The van der Waals surface area contributed by atoms with Gasteiger partial charge in [-0.3, -0.25) is 4.79 Å².